The second-order valence-corrected chi connectivity index (χ2v) is 23.8. The maximum Gasteiger partial charge on any atom is 0.0215 e. The van der Waals surface area contributed by atoms with Crippen LogP contribution in [0.3, 0.4) is 0 Å². The number of hydrogen-bond acceptors (Lipinski definition) is 0. The van der Waals surface area contributed by atoms with Crippen molar-refractivity contribution in [3.63, 3.8) is 0 Å². The van der Waals surface area contributed by atoms with Gasteiger partial charge in [-0.15, -0.1) is 0 Å². The lowest BCUT2D eigenvalue weighted by Gasteiger charge is -2.33. The Kier molecular flexibility index (Phi) is 22.9. The van der Waals surface area contributed by atoms with Crippen molar-refractivity contribution in [3.05, 3.63) is 131 Å². The van der Waals surface area contributed by atoms with Crippen molar-refractivity contribution in [1.29, 1.82) is 0 Å². The van der Waals surface area contributed by atoms with Gasteiger partial charge in [-0.05, 0) is 130 Å². The van der Waals surface area contributed by atoms with Gasteiger partial charge in [-0.1, -0.05) is 289 Å². The average Bonchev–Trinajstić information content (AvgIpc) is 3.81. The molecule has 0 saturated heterocycles. The molecular formula is C64H82Br4. The van der Waals surface area contributed by atoms with Crippen LogP contribution in [0, 0.1) is 0 Å². The normalized spacial score (nSPS) is 13.9. The van der Waals surface area contributed by atoms with E-state index < -0.39 is 0 Å². The first-order valence-corrected chi connectivity index (χ1v) is 31.9. The van der Waals surface area contributed by atoms with Crippen LogP contribution in [0.2, 0.25) is 0 Å². The van der Waals surface area contributed by atoms with Crippen LogP contribution >= 0.6 is 63.7 Å². The monoisotopic (exact) mass is 1170 g/mol. The van der Waals surface area contributed by atoms with Crippen LogP contribution in [0.15, 0.2) is 109 Å². The van der Waals surface area contributed by atoms with Gasteiger partial charge in [0.15, 0.2) is 0 Å². The molecule has 0 nitrogen and oxygen atoms in total. The number of rotatable bonds is 34. The van der Waals surface area contributed by atoms with Crippen LogP contribution in [-0.4, -0.2) is 21.3 Å². The molecule has 4 heteroatoms. The van der Waals surface area contributed by atoms with Crippen molar-refractivity contribution in [1.82, 2.24) is 0 Å². The fraction of sp³-hybridized carbons (Fsp3) is 0.531. The number of alkyl halides is 4. The lowest BCUT2D eigenvalue weighted by molar-refractivity contribution is 0.398. The van der Waals surface area contributed by atoms with E-state index in [1.54, 1.807) is 22.3 Å². The predicted molar refractivity (Wildman–Crippen MR) is 314 cm³/mol. The highest BCUT2D eigenvalue weighted by Gasteiger charge is 2.43. The minimum absolute atomic E-state index is 0.0861. The molecule has 0 radical (unpaired) electrons. The van der Waals surface area contributed by atoms with E-state index in [-0.39, 0.29) is 10.8 Å². The summed E-state index contributed by atoms with van der Waals surface area (Å²) in [6.07, 6.45) is 36.9. The minimum Gasteiger partial charge on any atom is -0.0928 e. The van der Waals surface area contributed by atoms with Gasteiger partial charge in [0, 0.05) is 32.2 Å². The zero-order chi connectivity index (χ0) is 47.3. The number of halogens is 4. The van der Waals surface area contributed by atoms with Crippen LogP contribution in [0.25, 0.3) is 44.5 Å². The quantitative estimate of drug-likeness (QED) is 0.0284. The molecule has 0 saturated carbocycles. The molecule has 0 fully saturated rings. The van der Waals surface area contributed by atoms with Crippen molar-refractivity contribution < 1.29 is 0 Å². The van der Waals surface area contributed by atoms with Crippen molar-refractivity contribution in [2.45, 2.75) is 191 Å². The summed E-state index contributed by atoms with van der Waals surface area (Å²) in [6, 6.07) is 43.7. The second kappa shape index (κ2) is 28.9. The van der Waals surface area contributed by atoms with Gasteiger partial charge in [0.2, 0.25) is 0 Å². The maximum atomic E-state index is 3.64. The number of benzene rings is 5. The molecule has 5 aromatic carbocycles. The van der Waals surface area contributed by atoms with Crippen molar-refractivity contribution >= 4 is 63.7 Å². The zero-order valence-corrected chi connectivity index (χ0v) is 47.9. The molecule has 0 atom stereocenters. The van der Waals surface area contributed by atoms with Gasteiger partial charge in [0.25, 0.3) is 0 Å². The predicted octanol–water partition coefficient (Wildman–Crippen LogP) is 22.1. The summed E-state index contributed by atoms with van der Waals surface area (Å²) in [5, 5.41) is 4.52. The Morgan fingerprint density at radius 1 is 0.235 bits per heavy atom. The van der Waals surface area contributed by atoms with Crippen molar-refractivity contribution in [3.8, 4) is 44.5 Å². The molecule has 7 rings (SSSR count). The standard InChI is InChI=1S/C64H82Br4/c65-45-25-13-5-1-9-21-41-63(42-22-10-2-6-14-26-46-66)59-31-19-17-29-55(59)57-39-37-53(49-61(57)63)51-33-35-52(36-34-51)54-38-40-58-56-30-18-20-32-60(56)64(62(58)50-54,43-23-11-3-7-15-27-47-67)44-24-12-4-8-16-28-48-68/h17-20,29-40,49-50H,1-16,21-28,41-48H2. The molecule has 0 aliphatic heterocycles. The first-order valence-electron chi connectivity index (χ1n) is 27.4. The lowest BCUT2D eigenvalue weighted by atomic mass is 9.70. The molecule has 366 valence electrons. The summed E-state index contributed by atoms with van der Waals surface area (Å²) in [6.45, 7) is 0. The molecule has 0 unspecified atom stereocenters. The minimum atomic E-state index is 0.0861. The molecule has 0 aromatic heterocycles. The van der Waals surface area contributed by atoms with E-state index in [0.29, 0.717) is 0 Å². The van der Waals surface area contributed by atoms with E-state index in [9.17, 15) is 0 Å². The Balaban J connectivity index is 1.15. The molecule has 2 aliphatic carbocycles. The zero-order valence-electron chi connectivity index (χ0n) is 41.5. The van der Waals surface area contributed by atoms with Gasteiger partial charge in [0.1, 0.15) is 0 Å². The smallest absolute Gasteiger partial charge is 0.0215 e. The average molecular weight is 1170 g/mol. The largest absolute Gasteiger partial charge is 0.0928 e. The van der Waals surface area contributed by atoms with E-state index in [0.717, 1.165) is 21.3 Å². The molecule has 68 heavy (non-hydrogen) atoms. The van der Waals surface area contributed by atoms with Crippen LogP contribution in [0.1, 0.15) is 202 Å². The topological polar surface area (TPSA) is 0 Å². The Morgan fingerprint density at radius 2 is 0.485 bits per heavy atom. The van der Waals surface area contributed by atoms with Crippen LogP contribution in [-0.2, 0) is 10.8 Å². The number of unbranched alkanes of at least 4 members (excludes halogenated alkanes) is 20. The fourth-order valence-corrected chi connectivity index (χ4v) is 14.0. The summed E-state index contributed by atoms with van der Waals surface area (Å²) in [7, 11) is 0. The third-order valence-corrected chi connectivity index (χ3v) is 18.3. The van der Waals surface area contributed by atoms with Gasteiger partial charge in [-0.3, -0.25) is 0 Å². The number of fused-ring (bicyclic) bond motifs is 6. The maximum absolute atomic E-state index is 3.64. The van der Waals surface area contributed by atoms with E-state index in [1.165, 1.54) is 224 Å². The molecule has 0 heterocycles. The lowest BCUT2D eigenvalue weighted by Crippen LogP contribution is -2.25. The fourth-order valence-electron chi connectivity index (χ4n) is 12.4. The molecule has 0 bridgehead atoms. The summed E-state index contributed by atoms with van der Waals surface area (Å²) >= 11 is 14.6. The van der Waals surface area contributed by atoms with Crippen molar-refractivity contribution in [2.24, 2.45) is 0 Å². The van der Waals surface area contributed by atoms with Gasteiger partial charge in [-0.2, -0.15) is 0 Å². The Labute approximate surface area is 448 Å². The summed E-state index contributed by atoms with van der Waals surface area (Å²) in [4.78, 5) is 0. The van der Waals surface area contributed by atoms with E-state index in [2.05, 4.69) is 173 Å². The Hall–Kier alpha value is -1.98. The highest BCUT2D eigenvalue weighted by atomic mass is 79.9. The molecule has 5 aromatic rings. The van der Waals surface area contributed by atoms with Gasteiger partial charge >= 0.3 is 0 Å². The first kappa shape index (κ1) is 53.8. The van der Waals surface area contributed by atoms with Gasteiger partial charge in [-0.25, -0.2) is 0 Å². The second-order valence-electron chi connectivity index (χ2n) is 20.6. The third kappa shape index (κ3) is 13.7. The Bertz CT molecular complexity index is 2040. The van der Waals surface area contributed by atoms with Crippen LogP contribution in [0.4, 0.5) is 0 Å². The van der Waals surface area contributed by atoms with Crippen molar-refractivity contribution in [2.75, 3.05) is 21.3 Å². The van der Waals surface area contributed by atoms with E-state index in [1.807, 2.05) is 0 Å². The SMILES string of the molecule is BrCCCCCCCCC1(CCCCCCCCBr)c2ccccc2-c2ccc(-c3ccc(-c4ccc5c(c4)C(CCCCCCCCBr)(CCCCCCCCBr)c4ccccc4-5)cc3)cc21. The summed E-state index contributed by atoms with van der Waals surface area (Å²) < 4.78 is 0. The summed E-state index contributed by atoms with van der Waals surface area (Å²) in [5.41, 5.74) is 17.8. The summed E-state index contributed by atoms with van der Waals surface area (Å²) in [5.74, 6) is 0. The van der Waals surface area contributed by atoms with Gasteiger partial charge in [0.05, 0.1) is 0 Å². The first-order chi connectivity index (χ1) is 33.6. The number of hydrogen-bond donors (Lipinski definition) is 0. The molecule has 0 amide bonds. The Morgan fingerprint density at radius 3 is 0.794 bits per heavy atom. The highest BCUT2D eigenvalue weighted by Crippen LogP contribution is 2.56. The third-order valence-electron chi connectivity index (χ3n) is 16.0. The van der Waals surface area contributed by atoms with Crippen LogP contribution < -0.4 is 0 Å². The molecule has 2 aliphatic rings. The molecule has 0 N–H and O–H groups in total. The van der Waals surface area contributed by atoms with E-state index >= 15 is 0 Å². The molecular weight excluding hydrogens is 1090 g/mol. The van der Waals surface area contributed by atoms with E-state index in [4.69, 9.17) is 0 Å². The van der Waals surface area contributed by atoms with Gasteiger partial charge < -0.3 is 0 Å². The highest BCUT2D eigenvalue weighted by molar-refractivity contribution is 9.09. The van der Waals surface area contributed by atoms with Crippen LogP contribution in [0.5, 0.6) is 0 Å². The molecule has 0 spiro atoms.